The summed E-state index contributed by atoms with van der Waals surface area (Å²) >= 11 is 0. The van der Waals surface area contributed by atoms with Gasteiger partial charge in [0.25, 0.3) is 0 Å². The third-order valence-electron chi connectivity index (χ3n) is 6.30. The summed E-state index contributed by atoms with van der Waals surface area (Å²) in [5, 5.41) is 0. The van der Waals surface area contributed by atoms with Crippen LogP contribution in [0, 0.1) is 30.6 Å². The largest absolute Gasteiger partial charge is 0.398 e. The summed E-state index contributed by atoms with van der Waals surface area (Å²) in [7, 11) is 0. The predicted octanol–water partition coefficient (Wildman–Crippen LogP) is 4.94. The van der Waals surface area contributed by atoms with Gasteiger partial charge in [0.2, 0.25) is 0 Å². The van der Waals surface area contributed by atoms with Gasteiger partial charge in [-0.25, -0.2) is 0 Å². The number of terminal acetylenes is 1. The minimum atomic E-state index is 0.512. The fourth-order valence-electron chi connectivity index (χ4n) is 4.78. The van der Waals surface area contributed by atoms with Crippen LogP contribution in [0.1, 0.15) is 53.9 Å². The summed E-state index contributed by atoms with van der Waals surface area (Å²) in [6, 6.07) is 14.6. The number of nitrogens with two attached hydrogens (primary N) is 2. The number of rotatable bonds is 3. The van der Waals surface area contributed by atoms with Gasteiger partial charge in [0.1, 0.15) is 0 Å². The Hall–Kier alpha value is -2.66. The molecule has 2 saturated carbocycles. The lowest BCUT2D eigenvalue weighted by molar-refractivity contribution is -0.0197. The number of hydrogen-bond donors (Lipinski definition) is 2. The van der Waals surface area contributed by atoms with Crippen molar-refractivity contribution in [1.29, 1.82) is 0 Å². The second-order valence-electron chi connectivity index (χ2n) is 8.18. The van der Waals surface area contributed by atoms with Crippen LogP contribution in [0.3, 0.4) is 0 Å². The monoisotopic (exact) mass is 342 g/mol. The van der Waals surface area contributed by atoms with E-state index in [0.717, 1.165) is 22.5 Å². The number of aryl methyl sites for hydroxylation is 1. The zero-order valence-electron chi connectivity index (χ0n) is 15.3. The Morgan fingerprint density at radius 2 is 1.88 bits per heavy atom. The third kappa shape index (κ3) is 2.88. The summed E-state index contributed by atoms with van der Waals surface area (Å²) in [5.74, 6) is 4.03. The van der Waals surface area contributed by atoms with Crippen LogP contribution in [0.5, 0.6) is 0 Å². The lowest BCUT2D eigenvalue weighted by Gasteiger charge is -2.57. The van der Waals surface area contributed by atoms with E-state index in [1.807, 2.05) is 24.3 Å². The van der Waals surface area contributed by atoms with Crippen molar-refractivity contribution >= 4 is 17.5 Å². The van der Waals surface area contributed by atoms with Crippen molar-refractivity contribution in [3.63, 3.8) is 0 Å². The summed E-state index contributed by atoms with van der Waals surface area (Å²) in [5.41, 5.74) is 19.3. The molecule has 2 nitrogen and oxygen atoms in total. The highest BCUT2D eigenvalue weighted by Crippen LogP contribution is 2.63. The molecule has 2 heteroatoms. The molecule has 2 aromatic carbocycles. The first kappa shape index (κ1) is 16.8. The second kappa shape index (κ2) is 6.25. The Morgan fingerprint density at radius 3 is 2.54 bits per heavy atom. The summed E-state index contributed by atoms with van der Waals surface area (Å²) in [6.45, 7) is 2.07. The molecule has 0 radical (unpaired) electrons. The maximum atomic E-state index is 6.33. The molecule has 2 aliphatic rings. The molecule has 0 saturated heterocycles. The fraction of sp³-hybridized carbons (Fsp3) is 0.333. The highest BCUT2D eigenvalue weighted by molar-refractivity contribution is 5.84. The van der Waals surface area contributed by atoms with Crippen molar-refractivity contribution < 1.29 is 0 Å². The molecule has 2 fully saturated rings. The quantitative estimate of drug-likeness (QED) is 0.471. The summed E-state index contributed by atoms with van der Waals surface area (Å²) in [6.07, 6.45) is 12.4. The topological polar surface area (TPSA) is 52.0 Å². The van der Waals surface area contributed by atoms with Crippen LogP contribution >= 0.6 is 0 Å². The number of nitrogen functional groups attached to an aromatic ring is 1. The van der Waals surface area contributed by atoms with Crippen LogP contribution in [-0.4, -0.2) is 0 Å². The van der Waals surface area contributed by atoms with Crippen LogP contribution in [0.25, 0.3) is 11.8 Å². The van der Waals surface area contributed by atoms with Crippen LogP contribution in [-0.2, 0) is 0 Å². The van der Waals surface area contributed by atoms with Gasteiger partial charge in [-0.15, -0.1) is 12.3 Å². The normalized spacial score (nSPS) is 27.5. The number of hydrogen-bond acceptors (Lipinski definition) is 2. The van der Waals surface area contributed by atoms with Gasteiger partial charge in [-0.1, -0.05) is 36.4 Å². The van der Waals surface area contributed by atoms with Gasteiger partial charge in [0.15, 0.2) is 0 Å². The van der Waals surface area contributed by atoms with Gasteiger partial charge in [0.05, 0.1) is 0 Å². The Balaban J connectivity index is 1.48. The molecular weight excluding hydrogens is 316 g/mol. The molecule has 0 aromatic heterocycles. The molecule has 2 aliphatic carbocycles. The van der Waals surface area contributed by atoms with Gasteiger partial charge in [0, 0.05) is 22.9 Å². The van der Waals surface area contributed by atoms with Gasteiger partial charge >= 0.3 is 0 Å². The predicted molar refractivity (Wildman–Crippen MR) is 110 cm³/mol. The van der Waals surface area contributed by atoms with Gasteiger partial charge in [-0.2, -0.15) is 0 Å². The Bertz CT molecular complexity index is 902. The Kier molecular flexibility index (Phi) is 4.04. The van der Waals surface area contributed by atoms with Gasteiger partial charge < -0.3 is 11.5 Å². The molecule has 0 amide bonds. The standard InChI is InChI=1S/C24H26N2/c1-3-17-12-24(13-17)14-20(15-24)18-8-9-19(22(25)10-18)11-23(26)21-7-5-4-6-16(21)2/h1,4-11,17,20H,12-15,25-26H2,2H3/b23-11-. The summed E-state index contributed by atoms with van der Waals surface area (Å²) in [4.78, 5) is 0. The Morgan fingerprint density at radius 1 is 1.15 bits per heavy atom. The third-order valence-corrected chi connectivity index (χ3v) is 6.30. The fourth-order valence-corrected chi connectivity index (χ4v) is 4.78. The molecular formula is C24H26N2. The molecule has 0 heterocycles. The van der Waals surface area contributed by atoms with E-state index in [1.165, 1.54) is 36.8 Å². The smallest absolute Gasteiger partial charge is 0.0397 e. The lowest BCUT2D eigenvalue weighted by atomic mass is 9.47. The van der Waals surface area contributed by atoms with E-state index < -0.39 is 0 Å². The van der Waals surface area contributed by atoms with Crippen molar-refractivity contribution in [2.45, 2.75) is 38.5 Å². The van der Waals surface area contributed by atoms with E-state index in [0.29, 0.717) is 17.3 Å². The zero-order valence-corrected chi connectivity index (χ0v) is 15.3. The van der Waals surface area contributed by atoms with E-state index >= 15 is 0 Å². The van der Waals surface area contributed by atoms with Crippen molar-refractivity contribution in [2.75, 3.05) is 5.73 Å². The molecule has 0 atom stereocenters. The zero-order chi connectivity index (χ0) is 18.3. The van der Waals surface area contributed by atoms with Crippen molar-refractivity contribution in [1.82, 2.24) is 0 Å². The number of anilines is 1. The van der Waals surface area contributed by atoms with Crippen molar-refractivity contribution in [3.05, 3.63) is 64.7 Å². The summed E-state index contributed by atoms with van der Waals surface area (Å²) < 4.78 is 0. The van der Waals surface area contributed by atoms with Crippen LogP contribution in [0.15, 0.2) is 42.5 Å². The average Bonchev–Trinajstić information content (AvgIpc) is 2.55. The van der Waals surface area contributed by atoms with E-state index in [2.05, 4.69) is 37.1 Å². The molecule has 0 bridgehead atoms. The highest BCUT2D eigenvalue weighted by Gasteiger charge is 2.52. The molecule has 4 rings (SSSR count). The number of benzene rings is 2. The molecule has 1 spiro atoms. The maximum absolute atomic E-state index is 6.33. The SMILES string of the molecule is C#CC1CC2(C1)CC(c1ccc(/C=C(\N)c3ccccc3C)c(N)c1)C2. The van der Waals surface area contributed by atoms with Gasteiger partial charge in [-0.05, 0) is 72.8 Å². The first-order valence-corrected chi connectivity index (χ1v) is 9.38. The van der Waals surface area contributed by atoms with Crippen molar-refractivity contribution in [2.24, 2.45) is 17.1 Å². The Labute approximate surface area is 156 Å². The minimum absolute atomic E-state index is 0.512. The molecule has 2 aromatic rings. The first-order valence-electron chi connectivity index (χ1n) is 9.38. The van der Waals surface area contributed by atoms with E-state index in [4.69, 9.17) is 17.9 Å². The maximum Gasteiger partial charge on any atom is 0.0397 e. The van der Waals surface area contributed by atoms with E-state index in [9.17, 15) is 0 Å². The second-order valence-corrected chi connectivity index (χ2v) is 8.18. The molecule has 0 unspecified atom stereocenters. The van der Waals surface area contributed by atoms with Crippen LogP contribution in [0.2, 0.25) is 0 Å². The van der Waals surface area contributed by atoms with Crippen molar-refractivity contribution in [3.8, 4) is 12.3 Å². The van der Waals surface area contributed by atoms with Gasteiger partial charge in [-0.3, -0.25) is 0 Å². The lowest BCUT2D eigenvalue weighted by Crippen LogP contribution is -2.46. The average molecular weight is 342 g/mol. The first-order chi connectivity index (χ1) is 12.5. The van der Waals surface area contributed by atoms with E-state index in [-0.39, 0.29) is 0 Å². The molecule has 4 N–H and O–H groups in total. The van der Waals surface area contributed by atoms with Crippen LogP contribution in [0.4, 0.5) is 5.69 Å². The molecule has 132 valence electrons. The highest BCUT2D eigenvalue weighted by atomic mass is 14.6. The van der Waals surface area contributed by atoms with Crippen LogP contribution < -0.4 is 11.5 Å². The molecule has 0 aliphatic heterocycles. The van der Waals surface area contributed by atoms with E-state index in [1.54, 1.807) is 0 Å². The minimum Gasteiger partial charge on any atom is -0.398 e. The molecule has 26 heavy (non-hydrogen) atoms.